The molecule has 3 aromatic rings. The van der Waals surface area contributed by atoms with Crippen molar-refractivity contribution in [1.29, 1.82) is 0 Å². The van der Waals surface area contributed by atoms with Gasteiger partial charge in [-0.2, -0.15) is 0 Å². The van der Waals surface area contributed by atoms with Crippen LogP contribution in [0.5, 0.6) is 5.75 Å². The maximum atomic E-state index is 13.6. The number of nitrogens with one attached hydrogen (secondary N) is 1. The number of halogens is 1. The molecule has 0 spiro atoms. The van der Waals surface area contributed by atoms with Gasteiger partial charge in [0.25, 0.3) is 0 Å². The van der Waals surface area contributed by atoms with Gasteiger partial charge in [-0.05, 0) is 30.2 Å². The van der Waals surface area contributed by atoms with Gasteiger partial charge in [-0.1, -0.05) is 60.7 Å². The lowest BCUT2D eigenvalue weighted by atomic mass is 9.80. The van der Waals surface area contributed by atoms with Gasteiger partial charge in [0.05, 0.1) is 12.2 Å². The van der Waals surface area contributed by atoms with Crippen molar-refractivity contribution >= 4 is 11.9 Å². The van der Waals surface area contributed by atoms with Crippen molar-refractivity contribution < 1.29 is 28.6 Å². The summed E-state index contributed by atoms with van der Waals surface area (Å²) in [5, 5.41) is 12.4. The predicted molar refractivity (Wildman–Crippen MR) is 129 cm³/mol. The van der Waals surface area contributed by atoms with Crippen LogP contribution in [0.2, 0.25) is 0 Å². The first-order chi connectivity index (χ1) is 16.7. The fourth-order valence-electron chi connectivity index (χ4n) is 4.73. The van der Waals surface area contributed by atoms with Gasteiger partial charge in [0.1, 0.15) is 11.6 Å². The molecule has 0 unspecified atom stereocenters. The SMILES string of the molecule is CC(=O)N[C@]1(C)C[C@@H](c2ccc(F)cc2)O[C@@H](c2cccc(-c3ccccc3)c2OCC(=O)O)C1. The molecule has 0 bridgehead atoms. The molecular weight excluding hydrogens is 449 g/mol. The molecule has 1 saturated heterocycles. The Morgan fingerprint density at radius 1 is 1.03 bits per heavy atom. The number of carboxylic acid groups (broad SMARTS) is 1. The number of hydrogen-bond donors (Lipinski definition) is 2. The Balaban J connectivity index is 1.78. The highest BCUT2D eigenvalue weighted by atomic mass is 19.1. The number of benzene rings is 3. The van der Waals surface area contributed by atoms with Crippen LogP contribution in [0.25, 0.3) is 11.1 Å². The number of carboxylic acids is 1. The number of rotatable bonds is 7. The minimum absolute atomic E-state index is 0.161. The Hall–Kier alpha value is -3.71. The maximum Gasteiger partial charge on any atom is 0.341 e. The molecule has 1 aliphatic heterocycles. The van der Waals surface area contributed by atoms with Crippen LogP contribution in [0.3, 0.4) is 0 Å². The van der Waals surface area contributed by atoms with Crippen molar-refractivity contribution in [2.45, 2.75) is 44.4 Å². The second kappa shape index (κ2) is 10.3. The van der Waals surface area contributed by atoms with Crippen molar-refractivity contribution in [2.24, 2.45) is 0 Å². The smallest absolute Gasteiger partial charge is 0.341 e. The maximum absolute atomic E-state index is 13.6. The highest BCUT2D eigenvalue weighted by molar-refractivity contribution is 5.75. The summed E-state index contributed by atoms with van der Waals surface area (Å²) in [7, 11) is 0. The third-order valence-electron chi connectivity index (χ3n) is 6.14. The van der Waals surface area contributed by atoms with Gasteiger partial charge in [0.2, 0.25) is 5.91 Å². The normalized spacial score (nSPS) is 21.8. The van der Waals surface area contributed by atoms with Crippen LogP contribution >= 0.6 is 0 Å². The van der Waals surface area contributed by atoms with E-state index in [2.05, 4.69) is 5.32 Å². The second-order valence-corrected chi connectivity index (χ2v) is 9.09. The summed E-state index contributed by atoms with van der Waals surface area (Å²) in [4.78, 5) is 23.4. The fraction of sp³-hybridized carbons (Fsp3) is 0.286. The van der Waals surface area contributed by atoms with E-state index in [0.717, 1.165) is 16.7 Å². The fourth-order valence-corrected chi connectivity index (χ4v) is 4.73. The van der Waals surface area contributed by atoms with Crippen molar-refractivity contribution in [2.75, 3.05) is 6.61 Å². The zero-order chi connectivity index (χ0) is 25.0. The summed E-state index contributed by atoms with van der Waals surface area (Å²) < 4.78 is 25.9. The highest BCUT2D eigenvalue weighted by Crippen LogP contribution is 2.47. The van der Waals surface area contributed by atoms with Gasteiger partial charge in [0, 0.05) is 36.4 Å². The van der Waals surface area contributed by atoms with Crippen LogP contribution in [0.4, 0.5) is 4.39 Å². The number of ether oxygens (including phenoxy) is 2. The number of hydrogen-bond acceptors (Lipinski definition) is 4. The zero-order valence-electron chi connectivity index (χ0n) is 19.7. The molecule has 35 heavy (non-hydrogen) atoms. The second-order valence-electron chi connectivity index (χ2n) is 9.09. The lowest BCUT2D eigenvalue weighted by molar-refractivity contribution is -0.139. The van der Waals surface area contributed by atoms with E-state index in [-0.39, 0.29) is 11.7 Å². The Labute approximate surface area is 203 Å². The number of carbonyl (C=O) groups excluding carboxylic acids is 1. The van der Waals surface area contributed by atoms with E-state index >= 15 is 0 Å². The first-order valence-corrected chi connectivity index (χ1v) is 11.5. The third kappa shape index (κ3) is 5.87. The first kappa shape index (κ1) is 24.4. The number of amides is 1. The van der Waals surface area contributed by atoms with E-state index in [1.807, 2.05) is 55.5 Å². The monoisotopic (exact) mass is 477 g/mol. The number of carbonyl (C=O) groups is 2. The van der Waals surface area contributed by atoms with E-state index in [9.17, 15) is 19.1 Å². The molecule has 7 heteroatoms. The lowest BCUT2D eigenvalue weighted by Gasteiger charge is -2.43. The Morgan fingerprint density at radius 2 is 1.71 bits per heavy atom. The summed E-state index contributed by atoms with van der Waals surface area (Å²) in [6, 6.07) is 21.3. The highest BCUT2D eigenvalue weighted by Gasteiger charge is 2.41. The van der Waals surface area contributed by atoms with Gasteiger partial charge < -0.3 is 19.9 Å². The molecule has 0 radical (unpaired) electrons. The summed E-state index contributed by atoms with van der Waals surface area (Å²) in [6.45, 7) is 2.92. The summed E-state index contributed by atoms with van der Waals surface area (Å²) in [6.07, 6.45) is 0.0201. The van der Waals surface area contributed by atoms with Gasteiger partial charge in [-0.3, -0.25) is 4.79 Å². The van der Waals surface area contributed by atoms with E-state index in [4.69, 9.17) is 9.47 Å². The molecule has 2 N–H and O–H groups in total. The average Bonchev–Trinajstić information content (AvgIpc) is 2.82. The van der Waals surface area contributed by atoms with Crippen LogP contribution in [-0.4, -0.2) is 29.1 Å². The minimum Gasteiger partial charge on any atom is -0.481 e. The average molecular weight is 478 g/mol. The molecule has 1 heterocycles. The van der Waals surface area contributed by atoms with Gasteiger partial charge in [-0.15, -0.1) is 0 Å². The molecule has 0 saturated carbocycles. The van der Waals surface area contributed by atoms with Crippen LogP contribution in [0.15, 0.2) is 72.8 Å². The largest absolute Gasteiger partial charge is 0.481 e. The van der Waals surface area contributed by atoms with E-state index in [0.29, 0.717) is 24.2 Å². The molecule has 1 fully saturated rings. The standard InChI is InChI=1S/C28H28FNO5/c1-18(31)30-28(2)15-24(20-11-13-21(29)14-12-20)35-25(16-28)23-10-6-9-22(19-7-4-3-5-8-19)27(23)34-17-26(32)33/h3-14,24-25H,15-17H2,1-2H3,(H,30,31)(H,32,33)/t24-,25+,28+/m0/s1. The molecule has 3 aromatic carbocycles. The van der Waals surface area contributed by atoms with Crippen molar-refractivity contribution in [1.82, 2.24) is 5.32 Å². The number of aliphatic carboxylic acids is 1. The van der Waals surface area contributed by atoms with E-state index in [1.54, 1.807) is 12.1 Å². The van der Waals surface area contributed by atoms with Crippen LogP contribution < -0.4 is 10.1 Å². The molecule has 6 nitrogen and oxygen atoms in total. The van der Waals surface area contributed by atoms with Crippen molar-refractivity contribution in [3.05, 3.63) is 89.7 Å². The Bertz CT molecular complexity index is 1200. The van der Waals surface area contributed by atoms with E-state index in [1.165, 1.54) is 19.1 Å². The first-order valence-electron chi connectivity index (χ1n) is 11.5. The van der Waals surface area contributed by atoms with Crippen LogP contribution in [0.1, 0.15) is 50.0 Å². The molecule has 3 atom stereocenters. The van der Waals surface area contributed by atoms with E-state index < -0.39 is 30.3 Å². The lowest BCUT2D eigenvalue weighted by Crippen LogP contribution is -2.50. The van der Waals surface area contributed by atoms with Crippen LogP contribution in [0, 0.1) is 5.82 Å². The molecule has 0 aliphatic carbocycles. The molecular formula is C28H28FNO5. The summed E-state index contributed by atoms with van der Waals surface area (Å²) in [5.74, 6) is -1.16. The predicted octanol–water partition coefficient (Wildman–Crippen LogP) is 5.44. The van der Waals surface area contributed by atoms with Gasteiger partial charge in [0.15, 0.2) is 6.61 Å². The Kier molecular flexibility index (Phi) is 7.17. The minimum atomic E-state index is -1.09. The zero-order valence-corrected chi connectivity index (χ0v) is 19.7. The molecule has 4 rings (SSSR count). The quantitative estimate of drug-likeness (QED) is 0.473. The van der Waals surface area contributed by atoms with Gasteiger partial charge >= 0.3 is 5.97 Å². The molecule has 182 valence electrons. The number of para-hydroxylation sites is 1. The topological polar surface area (TPSA) is 84.9 Å². The molecule has 1 aliphatic rings. The Morgan fingerprint density at radius 3 is 2.37 bits per heavy atom. The molecule has 0 aromatic heterocycles. The van der Waals surface area contributed by atoms with Crippen molar-refractivity contribution in [3.63, 3.8) is 0 Å². The van der Waals surface area contributed by atoms with Crippen LogP contribution in [-0.2, 0) is 14.3 Å². The third-order valence-corrected chi connectivity index (χ3v) is 6.14. The van der Waals surface area contributed by atoms with Gasteiger partial charge in [-0.25, -0.2) is 9.18 Å². The molecule has 1 amide bonds. The summed E-state index contributed by atoms with van der Waals surface area (Å²) in [5.41, 5.74) is 2.50. The summed E-state index contributed by atoms with van der Waals surface area (Å²) >= 11 is 0. The van der Waals surface area contributed by atoms with Crippen molar-refractivity contribution in [3.8, 4) is 16.9 Å².